The first-order chi connectivity index (χ1) is 11.1. The molecule has 3 rings (SSSR count). The summed E-state index contributed by atoms with van der Waals surface area (Å²) in [6.07, 6.45) is 4.99. The molecule has 0 radical (unpaired) electrons. The molecule has 2 N–H and O–H groups in total. The fourth-order valence-electron chi connectivity index (χ4n) is 2.90. The maximum absolute atomic E-state index is 12.2. The Morgan fingerprint density at radius 1 is 1.39 bits per heavy atom. The van der Waals surface area contributed by atoms with Gasteiger partial charge < -0.3 is 15.1 Å². The van der Waals surface area contributed by atoms with Crippen molar-refractivity contribution in [3.05, 3.63) is 12.5 Å². The van der Waals surface area contributed by atoms with Crippen molar-refractivity contribution < 1.29 is 4.79 Å². The molecule has 0 atom stereocenters. The summed E-state index contributed by atoms with van der Waals surface area (Å²) in [7, 11) is 4.01. The number of amides is 1. The van der Waals surface area contributed by atoms with Crippen molar-refractivity contribution in [1.82, 2.24) is 30.4 Å². The average molecular weight is 317 g/mol. The number of H-pyrrole nitrogens is 1. The van der Waals surface area contributed by atoms with E-state index in [9.17, 15) is 4.79 Å². The normalized spacial score (nSPS) is 16.2. The van der Waals surface area contributed by atoms with Crippen LogP contribution in [0, 0.1) is 5.92 Å². The van der Waals surface area contributed by atoms with Gasteiger partial charge in [-0.1, -0.05) is 0 Å². The second-order valence-electron chi connectivity index (χ2n) is 6.19. The number of hydrogen-bond donors (Lipinski definition) is 2. The highest BCUT2D eigenvalue weighted by Crippen LogP contribution is 2.26. The van der Waals surface area contributed by atoms with Gasteiger partial charge in [-0.2, -0.15) is 5.10 Å². The van der Waals surface area contributed by atoms with Crippen LogP contribution in [0.4, 0.5) is 5.82 Å². The topological polar surface area (TPSA) is 90.0 Å². The van der Waals surface area contributed by atoms with Crippen LogP contribution in [0.1, 0.15) is 12.8 Å². The predicted octanol–water partition coefficient (Wildman–Crippen LogP) is 0.247. The summed E-state index contributed by atoms with van der Waals surface area (Å²) < 4.78 is 0. The maximum Gasteiger partial charge on any atom is 0.223 e. The minimum atomic E-state index is 0.0927. The Hall–Kier alpha value is -2.22. The molecule has 8 heteroatoms. The van der Waals surface area contributed by atoms with E-state index in [4.69, 9.17) is 0 Å². The van der Waals surface area contributed by atoms with E-state index in [2.05, 4.69) is 35.3 Å². The van der Waals surface area contributed by atoms with E-state index in [1.165, 1.54) is 0 Å². The number of piperidine rings is 1. The van der Waals surface area contributed by atoms with E-state index >= 15 is 0 Å². The fraction of sp³-hybridized carbons (Fsp3) is 0.600. The summed E-state index contributed by atoms with van der Waals surface area (Å²) in [5.74, 6) is 1.16. The second kappa shape index (κ2) is 6.91. The zero-order chi connectivity index (χ0) is 16.2. The largest absolute Gasteiger partial charge is 0.356 e. The number of aromatic amines is 1. The number of nitrogens with zero attached hydrogens (tertiary/aromatic N) is 5. The fourth-order valence-corrected chi connectivity index (χ4v) is 2.90. The molecule has 23 heavy (non-hydrogen) atoms. The first-order valence-electron chi connectivity index (χ1n) is 7.96. The predicted molar refractivity (Wildman–Crippen MR) is 88.2 cm³/mol. The zero-order valence-corrected chi connectivity index (χ0v) is 13.6. The molecule has 0 unspecified atom stereocenters. The molecule has 0 saturated carbocycles. The van der Waals surface area contributed by atoms with Crippen molar-refractivity contribution in [2.24, 2.45) is 5.92 Å². The Morgan fingerprint density at radius 2 is 2.17 bits per heavy atom. The van der Waals surface area contributed by atoms with E-state index in [1.54, 1.807) is 12.5 Å². The molecule has 1 amide bonds. The highest BCUT2D eigenvalue weighted by Gasteiger charge is 2.26. The Bertz CT molecular complexity index is 661. The maximum atomic E-state index is 12.2. The number of anilines is 1. The molecule has 2 aromatic heterocycles. The summed E-state index contributed by atoms with van der Waals surface area (Å²) in [6.45, 7) is 3.21. The van der Waals surface area contributed by atoms with Gasteiger partial charge >= 0.3 is 0 Å². The molecule has 0 bridgehead atoms. The number of likely N-dealkylation sites (N-methyl/N-ethyl adjacent to an activating group) is 1. The third-order valence-electron chi connectivity index (χ3n) is 4.25. The monoisotopic (exact) mass is 317 g/mol. The number of aromatic nitrogens is 4. The molecule has 1 aliphatic rings. The van der Waals surface area contributed by atoms with Crippen LogP contribution in [-0.2, 0) is 4.79 Å². The molecule has 2 aromatic rings. The molecule has 0 spiro atoms. The Labute approximate surface area is 135 Å². The molecule has 0 aromatic carbocycles. The molecule has 0 aliphatic carbocycles. The standard InChI is InChI=1S/C15H23N7O/c1-21(2)8-5-16-15(23)11-3-6-22(7-4-11)14-12-9-19-20-13(12)17-10-18-14/h9-11H,3-8H2,1-2H3,(H,16,23)(H,17,18,19,20). The van der Waals surface area contributed by atoms with E-state index in [0.29, 0.717) is 6.54 Å². The van der Waals surface area contributed by atoms with Gasteiger partial charge in [0, 0.05) is 32.1 Å². The van der Waals surface area contributed by atoms with Crippen molar-refractivity contribution in [1.29, 1.82) is 0 Å². The molecular formula is C15H23N7O. The first kappa shape index (κ1) is 15.7. The second-order valence-corrected chi connectivity index (χ2v) is 6.19. The van der Waals surface area contributed by atoms with Crippen molar-refractivity contribution in [3.8, 4) is 0 Å². The van der Waals surface area contributed by atoms with Crippen LogP contribution in [0.2, 0.25) is 0 Å². The Kier molecular flexibility index (Phi) is 4.71. The van der Waals surface area contributed by atoms with Gasteiger partial charge in [-0.3, -0.25) is 9.89 Å². The van der Waals surface area contributed by atoms with Gasteiger partial charge in [-0.15, -0.1) is 0 Å². The highest BCUT2D eigenvalue weighted by atomic mass is 16.1. The summed E-state index contributed by atoms with van der Waals surface area (Å²) in [5.41, 5.74) is 0.749. The number of hydrogen-bond acceptors (Lipinski definition) is 6. The van der Waals surface area contributed by atoms with Gasteiger partial charge in [0.05, 0.1) is 11.6 Å². The smallest absolute Gasteiger partial charge is 0.223 e. The van der Waals surface area contributed by atoms with Gasteiger partial charge in [0.1, 0.15) is 12.1 Å². The summed E-state index contributed by atoms with van der Waals surface area (Å²) in [4.78, 5) is 25.0. The number of carbonyl (C=O) groups is 1. The minimum Gasteiger partial charge on any atom is -0.356 e. The number of nitrogens with one attached hydrogen (secondary N) is 2. The highest BCUT2D eigenvalue weighted by molar-refractivity contribution is 5.86. The lowest BCUT2D eigenvalue weighted by Gasteiger charge is -2.32. The van der Waals surface area contributed by atoms with Crippen molar-refractivity contribution in [2.75, 3.05) is 45.2 Å². The Morgan fingerprint density at radius 3 is 2.91 bits per heavy atom. The molecule has 8 nitrogen and oxygen atoms in total. The first-order valence-corrected chi connectivity index (χ1v) is 7.96. The van der Waals surface area contributed by atoms with Gasteiger partial charge in [0.25, 0.3) is 0 Å². The van der Waals surface area contributed by atoms with Crippen LogP contribution < -0.4 is 10.2 Å². The lowest BCUT2D eigenvalue weighted by molar-refractivity contribution is -0.125. The summed E-state index contributed by atoms with van der Waals surface area (Å²) in [5, 5.41) is 10.8. The molecule has 1 aliphatic heterocycles. The van der Waals surface area contributed by atoms with Crippen LogP contribution in [0.25, 0.3) is 11.0 Å². The van der Waals surface area contributed by atoms with Crippen molar-refractivity contribution in [3.63, 3.8) is 0 Å². The third-order valence-corrected chi connectivity index (χ3v) is 4.25. The molecular weight excluding hydrogens is 294 g/mol. The van der Waals surface area contributed by atoms with Crippen LogP contribution in [-0.4, -0.2) is 71.2 Å². The van der Waals surface area contributed by atoms with E-state index in [-0.39, 0.29) is 11.8 Å². The van der Waals surface area contributed by atoms with E-state index in [0.717, 1.165) is 49.3 Å². The quantitative estimate of drug-likeness (QED) is 0.821. The zero-order valence-electron chi connectivity index (χ0n) is 13.6. The number of rotatable bonds is 5. The van der Waals surface area contributed by atoms with Crippen LogP contribution in [0.5, 0.6) is 0 Å². The summed E-state index contributed by atoms with van der Waals surface area (Å²) in [6, 6.07) is 0. The van der Waals surface area contributed by atoms with Gasteiger partial charge in [-0.05, 0) is 26.9 Å². The van der Waals surface area contributed by atoms with E-state index < -0.39 is 0 Å². The van der Waals surface area contributed by atoms with E-state index in [1.807, 2.05) is 14.1 Å². The van der Waals surface area contributed by atoms with Crippen LogP contribution in [0.3, 0.4) is 0 Å². The van der Waals surface area contributed by atoms with Gasteiger partial charge in [0.2, 0.25) is 5.91 Å². The lowest BCUT2D eigenvalue weighted by Crippen LogP contribution is -2.42. The van der Waals surface area contributed by atoms with Crippen LogP contribution in [0.15, 0.2) is 12.5 Å². The molecule has 124 valence electrons. The average Bonchev–Trinajstić information content (AvgIpc) is 3.03. The van der Waals surface area contributed by atoms with Crippen LogP contribution >= 0.6 is 0 Å². The molecule has 1 fully saturated rings. The minimum absolute atomic E-state index is 0.0927. The molecule has 1 saturated heterocycles. The summed E-state index contributed by atoms with van der Waals surface area (Å²) >= 11 is 0. The van der Waals surface area contributed by atoms with Crippen molar-refractivity contribution in [2.45, 2.75) is 12.8 Å². The number of carbonyl (C=O) groups excluding carboxylic acids is 1. The Balaban J connectivity index is 1.56. The third kappa shape index (κ3) is 3.58. The van der Waals surface area contributed by atoms with Crippen molar-refractivity contribution >= 4 is 22.8 Å². The van der Waals surface area contributed by atoms with Gasteiger partial charge in [-0.25, -0.2) is 9.97 Å². The molecule has 3 heterocycles. The number of fused-ring (bicyclic) bond motifs is 1. The lowest BCUT2D eigenvalue weighted by atomic mass is 9.96. The SMILES string of the molecule is CN(C)CCNC(=O)C1CCN(c2ncnc3[nH]ncc23)CC1. The van der Waals surface area contributed by atoms with Gasteiger partial charge in [0.15, 0.2) is 5.65 Å².